The van der Waals surface area contributed by atoms with Crippen molar-refractivity contribution in [1.29, 1.82) is 0 Å². The Kier molecular flexibility index (Phi) is 5.31. The zero-order chi connectivity index (χ0) is 16.9. The molecule has 0 unspecified atom stereocenters. The van der Waals surface area contributed by atoms with Gasteiger partial charge in [0.1, 0.15) is 0 Å². The quantitative estimate of drug-likeness (QED) is 0.733. The standard InChI is InChI=1S/C19H21N3.C2H6/c1-14-4-2-5-17-13-22(21-19(14)17)18-9-7-15(8-10-18)16-6-3-11-20-12-16;1-2/h2,4-5,7-10,13,16,20H,3,6,11-12H2,1H3;1-2H3/t16-;/m1./s1. The topological polar surface area (TPSA) is 29.9 Å². The molecule has 126 valence electrons. The number of rotatable bonds is 2. The van der Waals surface area contributed by atoms with Gasteiger partial charge in [-0.1, -0.05) is 44.2 Å². The van der Waals surface area contributed by atoms with Crippen LogP contribution in [0.4, 0.5) is 0 Å². The van der Waals surface area contributed by atoms with Crippen molar-refractivity contribution in [3.8, 4) is 5.69 Å². The number of nitrogens with one attached hydrogen (secondary N) is 1. The third-order valence-electron chi connectivity index (χ3n) is 4.66. The van der Waals surface area contributed by atoms with Crippen LogP contribution in [-0.2, 0) is 0 Å². The Morgan fingerprint density at radius 1 is 1.08 bits per heavy atom. The van der Waals surface area contributed by atoms with Crippen LogP contribution < -0.4 is 5.32 Å². The summed E-state index contributed by atoms with van der Waals surface area (Å²) >= 11 is 0. The molecule has 0 radical (unpaired) electrons. The molecule has 4 rings (SSSR count). The maximum absolute atomic E-state index is 4.73. The van der Waals surface area contributed by atoms with Crippen molar-refractivity contribution >= 4 is 10.9 Å². The first kappa shape index (κ1) is 16.7. The second kappa shape index (κ2) is 7.63. The lowest BCUT2D eigenvalue weighted by atomic mass is 9.92. The van der Waals surface area contributed by atoms with E-state index in [1.165, 1.54) is 29.4 Å². The number of aromatic nitrogens is 2. The first-order valence-electron chi connectivity index (χ1n) is 9.07. The summed E-state index contributed by atoms with van der Waals surface area (Å²) in [6, 6.07) is 15.2. The van der Waals surface area contributed by atoms with E-state index in [1.54, 1.807) is 0 Å². The van der Waals surface area contributed by atoms with Gasteiger partial charge in [0.05, 0.1) is 11.2 Å². The molecule has 3 heteroatoms. The maximum atomic E-state index is 4.73. The van der Waals surface area contributed by atoms with Gasteiger partial charge in [0.15, 0.2) is 0 Å². The highest BCUT2D eigenvalue weighted by Crippen LogP contribution is 2.25. The highest BCUT2D eigenvalue weighted by atomic mass is 15.3. The largest absolute Gasteiger partial charge is 0.316 e. The fourth-order valence-corrected chi connectivity index (χ4v) is 3.36. The van der Waals surface area contributed by atoms with Gasteiger partial charge in [-0.15, -0.1) is 0 Å². The lowest BCUT2D eigenvalue weighted by Gasteiger charge is -2.23. The zero-order valence-corrected chi connectivity index (χ0v) is 14.9. The van der Waals surface area contributed by atoms with Crippen molar-refractivity contribution in [3.63, 3.8) is 0 Å². The molecule has 0 spiro atoms. The number of nitrogens with zero attached hydrogens (tertiary/aromatic N) is 2. The van der Waals surface area contributed by atoms with E-state index < -0.39 is 0 Å². The van der Waals surface area contributed by atoms with Crippen LogP contribution in [-0.4, -0.2) is 22.9 Å². The van der Waals surface area contributed by atoms with E-state index in [0.717, 1.165) is 24.3 Å². The van der Waals surface area contributed by atoms with Gasteiger partial charge < -0.3 is 5.32 Å². The lowest BCUT2D eigenvalue weighted by molar-refractivity contribution is 0.461. The third kappa shape index (κ3) is 3.36. The molecule has 1 aromatic heterocycles. The molecule has 1 aliphatic rings. The second-order valence-electron chi connectivity index (χ2n) is 6.22. The Morgan fingerprint density at radius 2 is 1.88 bits per heavy atom. The molecular weight excluding hydrogens is 294 g/mol. The molecule has 0 saturated carbocycles. The summed E-state index contributed by atoms with van der Waals surface area (Å²) in [5.41, 5.74) is 4.87. The van der Waals surface area contributed by atoms with E-state index in [2.05, 4.69) is 60.9 Å². The van der Waals surface area contributed by atoms with Crippen LogP contribution >= 0.6 is 0 Å². The SMILES string of the molecule is CC.Cc1cccc2cn(-c3ccc([C@@H]4CCCNC4)cc3)nc12. The second-order valence-corrected chi connectivity index (χ2v) is 6.22. The number of hydrogen-bond acceptors (Lipinski definition) is 2. The average molecular weight is 321 g/mol. The van der Waals surface area contributed by atoms with E-state index >= 15 is 0 Å². The Bertz CT molecular complexity index is 780. The minimum Gasteiger partial charge on any atom is -0.316 e. The summed E-state index contributed by atoms with van der Waals surface area (Å²) < 4.78 is 1.99. The summed E-state index contributed by atoms with van der Waals surface area (Å²) in [5, 5.41) is 9.41. The molecule has 3 aromatic rings. The van der Waals surface area contributed by atoms with Crippen molar-refractivity contribution in [3.05, 3.63) is 59.8 Å². The number of piperidine rings is 1. The third-order valence-corrected chi connectivity index (χ3v) is 4.66. The molecule has 24 heavy (non-hydrogen) atoms. The minimum absolute atomic E-state index is 0.654. The Hall–Kier alpha value is -2.13. The number of hydrogen-bond donors (Lipinski definition) is 1. The molecule has 1 atom stereocenters. The Morgan fingerprint density at radius 3 is 2.54 bits per heavy atom. The molecule has 0 amide bonds. The van der Waals surface area contributed by atoms with Gasteiger partial charge in [0.2, 0.25) is 0 Å². The van der Waals surface area contributed by atoms with Gasteiger partial charge >= 0.3 is 0 Å². The van der Waals surface area contributed by atoms with Crippen LogP contribution in [0.15, 0.2) is 48.7 Å². The maximum Gasteiger partial charge on any atom is 0.0956 e. The molecule has 1 saturated heterocycles. The van der Waals surface area contributed by atoms with Gasteiger partial charge in [0, 0.05) is 18.1 Å². The van der Waals surface area contributed by atoms with Crippen LogP contribution in [0.2, 0.25) is 0 Å². The fraction of sp³-hybridized carbons (Fsp3) is 0.381. The van der Waals surface area contributed by atoms with Crippen molar-refractivity contribution in [2.75, 3.05) is 13.1 Å². The van der Waals surface area contributed by atoms with Gasteiger partial charge in [0.25, 0.3) is 0 Å². The summed E-state index contributed by atoms with van der Waals surface area (Å²) in [6.07, 6.45) is 4.67. The fourth-order valence-electron chi connectivity index (χ4n) is 3.36. The van der Waals surface area contributed by atoms with Gasteiger partial charge in [-0.2, -0.15) is 5.10 Å². The predicted molar refractivity (Wildman–Crippen MR) is 102 cm³/mol. The molecular formula is C21H27N3. The first-order chi connectivity index (χ1) is 11.8. The van der Waals surface area contributed by atoms with Gasteiger partial charge in [-0.05, 0) is 55.5 Å². The van der Waals surface area contributed by atoms with Crippen LogP contribution in [0.25, 0.3) is 16.6 Å². The molecule has 1 fully saturated rings. The summed E-state index contributed by atoms with van der Waals surface area (Å²) in [6.45, 7) is 8.37. The van der Waals surface area contributed by atoms with Crippen molar-refractivity contribution < 1.29 is 0 Å². The number of aryl methyl sites for hydroxylation is 1. The van der Waals surface area contributed by atoms with E-state index in [-0.39, 0.29) is 0 Å². The van der Waals surface area contributed by atoms with Gasteiger partial charge in [-0.25, -0.2) is 4.68 Å². The van der Waals surface area contributed by atoms with E-state index in [9.17, 15) is 0 Å². The van der Waals surface area contributed by atoms with E-state index in [1.807, 2.05) is 18.5 Å². The minimum atomic E-state index is 0.654. The number of benzene rings is 2. The zero-order valence-electron chi connectivity index (χ0n) is 14.9. The summed E-state index contributed by atoms with van der Waals surface area (Å²) in [5.74, 6) is 0.654. The normalized spacial score (nSPS) is 17.4. The lowest BCUT2D eigenvalue weighted by Crippen LogP contribution is -2.28. The molecule has 3 nitrogen and oxygen atoms in total. The Labute approximate surface area is 144 Å². The molecule has 1 aliphatic heterocycles. The van der Waals surface area contributed by atoms with E-state index in [0.29, 0.717) is 5.92 Å². The molecule has 0 aliphatic carbocycles. The van der Waals surface area contributed by atoms with Gasteiger partial charge in [-0.3, -0.25) is 0 Å². The smallest absolute Gasteiger partial charge is 0.0956 e. The van der Waals surface area contributed by atoms with Crippen molar-refractivity contribution in [2.45, 2.75) is 39.5 Å². The molecule has 0 bridgehead atoms. The Balaban J connectivity index is 0.000000815. The van der Waals surface area contributed by atoms with Crippen LogP contribution in [0.3, 0.4) is 0 Å². The summed E-state index contributed by atoms with van der Waals surface area (Å²) in [7, 11) is 0. The van der Waals surface area contributed by atoms with Crippen molar-refractivity contribution in [2.24, 2.45) is 0 Å². The van der Waals surface area contributed by atoms with Crippen LogP contribution in [0.1, 0.15) is 43.7 Å². The highest BCUT2D eigenvalue weighted by Gasteiger charge is 2.15. The van der Waals surface area contributed by atoms with Crippen LogP contribution in [0, 0.1) is 6.92 Å². The number of fused-ring (bicyclic) bond motifs is 1. The summed E-state index contributed by atoms with van der Waals surface area (Å²) in [4.78, 5) is 0. The van der Waals surface area contributed by atoms with E-state index in [4.69, 9.17) is 5.10 Å². The molecule has 1 N–H and O–H groups in total. The van der Waals surface area contributed by atoms with Crippen LogP contribution in [0.5, 0.6) is 0 Å². The molecule has 2 aromatic carbocycles. The van der Waals surface area contributed by atoms with Crippen molar-refractivity contribution in [1.82, 2.24) is 15.1 Å². The predicted octanol–water partition coefficient (Wildman–Crippen LogP) is 4.83. The first-order valence-corrected chi connectivity index (χ1v) is 9.07. The average Bonchev–Trinajstić information content (AvgIpc) is 3.10. The molecule has 2 heterocycles. The highest BCUT2D eigenvalue weighted by molar-refractivity contribution is 5.81. The monoisotopic (exact) mass is 321 g/mol.